The van der Waals surface area contributed by atoms with Crippen molar-refractivity contribution in [2.24, 2.45) is 17.8 Å². The van der Waals surface area contributed by atoms with E-state index in [9.17, 15) is 8.78 Å². The first-order valence-electron chi connectivity index (χ1n) is 12.6. The lowest BCUT2D eigenvalue weighted by Crippen LogP contribution is -2.14. The second kappa shape index (κ2) is 11.9. The first kappa shape index (κ1) is 23.3. The fourth-order valence-corrected chi connectivity index (χ4v) is 5.59. The monoisotopic (exact) mass is 414 g/mol. The van der Waals surface area contributed by atoms with Crippen LogP contribution < -0.4 is 0 Å². The molecule has 0 radical (unpaired) electrons. The van der Waals surface area contributed by atoms with Crippen LogP contribution in [0.25, 0.3) is 0 Å². The smallest absolute Gasteiger partial charge is 0.142 e. The summed E-state index contributed by atoms with van der Waals surface area (Å²) >= 11 is 0. The Bertz CT molecular complexity index is 687. The second-order valence-corrected chi connectivity index (χ2v) is 9.85. The Morgan fingerprint density at radius 3 is 1.97 bits per heavy atom. The van der Waals surface area contributed by atoms with E-state index in [0.717, 1.165) is 43.1 Å². The summed E-state index contributed by atoms with van der Waals surface area (Å²) in [6, 6.07) is 3.13. The maximum absolute atomic E-state index is 14.7. The summed E-state index contributed by atoms with van der Waals surface area (Å²) in [5.41, 5.74) is 0.810. The van der Waals surface area contributed by atoms with Crippen LogP contribution in [0.2, 0.25) is 0 Å². The number of benzene rings is 1. The van der Waals surface area contributed by atoms with Gasteiger partial charge >= 0.3 is 0 Å². The molecule has 2 saturated carbocycles. The van der Waals surface area contributed by atoms with Gasteiger partial charge in [0, 0.05) is 5.92 Å². The highest BCUT2D eigenvalue weighted by Crippen LogP contribution is 2.38. The Morgan fingerprint density at radius 2 is 1.37 bits per heavy atom. The van der Waals surface area contributed by atoms with Crippen molar-refractivity contribution < 1.29 is 8.78 Å². The van der Waals surface area contributed by atoms with Gasteiger partial charge in [-0.2, -0.15) is 0 Å². The Balaban J connectivity index is 1.56. The lowest BCUT2D eigenvalue weighted by Gasteiger charge is -2.29. The van der Waals surface area contributed by atoms with Crippen molar-refractivity contribution in [3.63, 3.8) is 0 Å². The van der Waals surface area contributed by atoms with E-state index >= 15 is 0 Å². The number of halogens is 2. The summed E-state index contributed by atoms with van der Waals surface area (Å²) in [5, 5.41) is 0. The van der Waals surface area contributed by atoms with Crippen molar-refractivity contribution in [1.29, 1.82) is 0 Å². The van der Waals surface area contributed by atoms with Gasteiger partial charge in [-0.25, -0.2) is 8.78 Å². The third-order valence-corrected chi connectivity index (χ3v) is 7.54. The number of unbranched alkanes of at least 4 members (excludes halogenated alkanes) is 2. The van der Waals surface area contributed by atoms with Crippen LogP contribution in [0.1, 0.15) is 121 Å². The van der Waals surface area contributed by atoms with Crippen LogP contribution >= 0.6 is 0 Å². The molecule has 0 aromatic heterocycles. The Morgan fingerprint density at radius 1 is 0.767 bits per heavy atom. The zero-order chi connectivity index (χ0) is 21.3. The average molecular weight is 415 g/mol. The summed E-state index contributed by atoms with van der Waals surface area (Å²) in [6.07, 6.45) is 16.8. The number of hydrogen-bond donors (Lipinski definition) is 0. The molecule has 0 aliphatic heterocycles. The van der Waals surface area contributed by atoms with Crippen molar-refractivity contribution in [2.45, 2.75) is 110 Å². The predicted octanol–water partition coefficient (Wildman–Crippen LogP) is 8.78. The summed E-state index contributed by atoms with van der Waals surface area (Å²) in [6.45, 7) is 4.48. The molecular weight excluding hydrogens is 374 g/mol. The van der Waals surface area contributed by atoms with Gasteiger partial charge in [0.1, 0.15) is 11.6 Å². The Kier molecular flexibility index (Phi) is 9.23. The molecule has 0 nitrogen and oxygen atoms in total. The fraction of sp³-hybridized carbons (Fsp3) is 0.714. The second-order valence-electron chi connectivity index (χ2n) is 9.85. The topological polar surface area (TPSA) is 0 Å². The zero-order valence-electron chi connectivity index (χ0n) is 19.1. The zero-order valence-corrected chi connectivity index (χ0v) is 19.1. The summed E-state index contributed by atoms with van der Waals surface area (Å²) < 4.78 is 29.4. The molecule has 2 aliphatic rings. The highest BCUT2D eigenvalue weighted by molar-refractivity contribution is 5.40. The van der Waals surface area contributed by atoms with Crippen molar-refractivity contribution in [1.82, 2.24) is 0 Å². The molecule has 0 saturated heterocycles. The van der Waals surface area contributed by atoms with E-state index in [2.05, 4.69) is 25.7 Å². The predicted molar refractivity (Wildman–Crippen MR) is 122 cm³/mol. The quantitative estimate of drug-likeness (QED) is 0.309. The third kappa shape index (κ3) is 6.57. The van der Waals surface area contributed by atoms with Crippen LogP contribution in [-0.2, 0) is 0 Å². The fourth-order valence-electron chi connectivity index (χ4n) is 5.59. The molecule has 0 spiro atoms. The number of hydrogen-bond acceptors (Lipinski definition) is 0. The molecule has 0 amide bonds. The van der Waals surface area contributed by atoms with Gasteiger partial charge in [-0.3, -0.25) is 0 Å². The van der Waals surface area contributed by atoms with Crippen molar-refractivity contribution in [3.8, 4) is 11.8 Å². The van der Waals surface area contributed by atoms with E-state index in [1.165, 1.54) is 64.2 Å². The van der Waals surface area contributed by atoms with E-state index in [1.807, 2.05) is 0 Å². The normalized spacial score (nSPS) is 26.8. The Labute approximate surface area is 183 Å². The molecule has 0 unspecified atom stereocenters. The van der Waals surface area contributed by atoms with E-state index < -0.39 is 11.6 Å². The average Bonchev–Trinajstić information content (AvgIpc) is 2.75. The summed E-state index contributed by atoms with van der Waals surface area (Å²) in [4.78, 5) is 0. The molecule has 30 heavy (non-hydrogen) atoms. The van der Waals surface area contributed by atoms with Crippen LogP contribution in [0.15, 0.2) is 12.1 Å². The van der Waals surface area contributed by atoms with Crippen LogP contribution in [0.3, 0.4) is 0 Å². The molecule has 0 heterocycles. The third-order valence-electron chi connectivity index (χ3n) is 7.54. The van der Waals surface area contributed by atoms with Crippen LogP contribution in [-0.4, -0.2) is 0 Å². The largest absolute Gasteiger partial charge is 0.206 e. The molecule has 2 aliphatic carbocycles. The molecule has 0 bridgehead atoms. The van der Waals surface area contributed by atoms with Gasteiger partial charge in [0.2, 0.25) is 0 Å². The van der Waals surface area contributed by atoms with Gasteiger partial charge in [0.05, 0.1) is 5.56 Å². The lowest BCUT2D eigenvalue weighted by molar-refractivity contribution is 0.299. The molecule has 166 valence electrons. The highest BCUT2D eigenvalue weighted by atomic mass is 19.1. The van der Waals surface area contributed by atoms with Gasteiger partial charge in [-0.05, 0) is 86.8 Å². The maximum atomic E-state index is 14.7. The SMILES string of the molecule is CCCCC[C@H]1CC[C@H](c2cc(F)c(C#C[C@H]3CC[C@H](CCC)CC3)c(F)c2)CC1. The lowest BCUT2D eigenvalue weighted by atomic mass is 9.77. The molecule has 3 rings (SSSR count). The summed E-state index contributed by atoms with van der Waals surface area (Å²) in [7, 11) is 0. The molecule has 0 N–H and O–H groups in total. The minimum absolute atomic E-state index is 0.0253. The van der Waals surface area contributed by atoms with E-state index in [4.69, 9.17) is 0 Å². The van der Waals surface area contributed by atoms with Gasteiger partial charge < -0.3 is 0 Å². The van der Waals surface area contributed by atoms with Gasteiger partial charge in [-0.15, -0.1) is 0 Å². The molecule has 2 fully saturated rings. The van der Waals surface area contributed by atoms with Gasteiger partial charge in [0.15, 0.2) is 0 Å². The molecule has 1 aromatic rings. The van der Waals surface area contributed by atoms with E-state index in [1.54, 1.807) is 12.1 Å². The van der Waals surface area contributed by atoms with Crippen LogP contribution in [0, 0.1) is 41.2 Å². The Hall–Kier alpha value is -1.36. The number of rotatable bonds is 7. The molecular formula is C28H40F2. The van der Waals surface area contributed by atoms with Crippen molar-refractivity contribution >= 4 is 0 Å². The maximum Gasteiger partial charge on any atom is 0.142 e. The van der Waals surface area contributed by atoms with Crippen molar-refractivity contribution in [3.05, 3.63) is 34.9 Å². The van der Waals surface area contributed by atoms with E-state index in [0.29, 0.717) is 11.8 Å². The van der Waals surface area contributed by atoms with Gasteiger partial charge in [-0.1, -0.05) is 64.2 Å². The van der Waals surface area contributed by atoms with Gasteiger partial charge in [0.25, 0.3) is 0 Å². The van der Waals surface area contributed by atoms with Crippen molar-refractivity contribution in [2.75, 3.05) is 0 Å². The molecule has 0 atom stereocenters. The van der Waals surface area contributed by atoms with E-state index in [-0.39, 0.29) is 5.56 Å². The first-order chi connectivity index (χ1) is 14.6. The highest BCUT2D eigenvalue weighted by Gasteiger charge is 2.24. The standard InChI is InChI=1S/C28H40F2/c1-3-5-6-8-22-13-16-24(17-14-22)25-19-27(29)26(28(30)20-25)18-15-23-11-9-21(7-4-2)10-12-23/h19-24H,3-14,16-17H2,1-2H3/t21-,22-,23-,24-. The summed E-state index contributed by atoms with van der Waals surface area (Å²) in [5.74, 6) is 7.32. The molecule has 1 aromatic carbocycles. The first-order valence-corrected chi connectivity index (χ1v) is 12.6. The van der Waals surface area contributed by atoms with Crippen LogP contribution in [0.5, 0.6) is 0 Å². The minimum atomic E-state index is -0.470. The minimum Gasteiger partial charge on any atom is -0.206 e. The van der Waals surface area contributed by atoms with Crippen LogP contribution in [0.4, 0.5) is 8.78 Å². The molecule has 2 heteroatoms.